The van der Waals surface area contributed by atoms with Crippen LogP contribution in [-0.2, 0) is 16.1 Å². The van der Waals surface area contributed by atoms with Crippen molar-refractivity contribution < 1.29 is 19.4 Å². The second-order valence-electron chi connectivity index (χ2n) is 8.66. The molecule has 2 bridgehead atoms. The van der Waals surface area contributed by atoms with Crippen molar-refractivity contribution in [3.8, 4) is 0 Å². The van der Waals surface area contributed by atoms with Gasteiger partial charge in [-0.15, -0.1) is 0 Å². The molecule has 25 heavy (non-hydrogen) atoms. The van der Waals surface area contributed by atoms with Crippen molar-refractivity contribution in [1.29, 1.82) is 0 Å². The molecule has 2 aliphatic rings. The van der Waals surface area contributed by atoms with E-state index < -0.39 is 5.60 Å². The molecule has 5 heteroatoms. The lowest BCUT2D eigenvalue weighted by molar-refractivity contribution is -0.143. The Hall–Kier alpha value is -1.59. The molecular formula is C20H29NO4. The van der Waals surface area contributed by atoms with E-state index in [9.17, 15) is 9.90 Å². The molecule has 2 aliphatic heterocycles. The number of nitrogens with zero attached hydrogens (tertiary/aromatic N) is 1. The average molecular weight is 347 g/mol. The largest absolute Gasteiger partial charge is 0.445 e. The maximum Gasteiger partial charge on any atom is 0.410 e. The molecule has 2 heterocycles. The first-order valence-electron chi connectivity index (χ1n) is 9.05. The number of hydrogen-bond acceptors (Lipinski definition) is 4. The normalized spacial score (nSPS) is 29.4. The molecule has 0 saturated carbocycles. The third-order valence-corrected chi connectivity index (χ3v) is 4.91. The fourth-order valence-corrected chi connectivity index (χ4v) is 4.30. The number of rotatable bonds is 3. The fraction of sp³-hybridized carbons (Fsp3) is 0.650. The van der Waals surface area contributed by atoms with Crippen molar-refractivity contribution in [3.63, 3.8) is 0 Å². The van der Waals surface area contributed by atoms with Crippen LogP contribution in [0.3, 0.4) is 0 Å². The molecule has 0 spiro atoms. The topological polar surface area (TPSA) is 59.0 Å². The Balaban J connectivity index is 1.66. The maximum absolute atomic E-state index is 12.6. The van der Waals surface area contributed by atoms with E-state index in [2.05, 4.69) is 20.8 Å². The lowest BCUT2D eigenvalue weighted by Gasteiger charge is -2.52. The molecule has 2 fully saturated rings. The van der Waals surface area contributed by atoms with E-state index in [0.717, 1.165) is 12.0 Å². The number of benzene rings is 1. The maximum atomic E-state index is 12.6. The van der Waals surface area contributed by atoms with Crippen LogP contribution in [0.2, 0.25) is 0 Å². The monoisotopic (exact) mass is 347 g/mol. The first-order chi connectivity index (χ1) is 11.8. The van der Waals surface area contributed by atoms with Crippen LogP contribution < -0.4 is 0 Å². The molecule has 0 aliphatic carbocycles. The standard InChI is InChI=1S/C20H29NO4/c1-19(2,3)14-20(23)9-16-12-24-13-17(10-20)21(16)18(22)25-11-15-7-5-4-6-8-15/h4-8,16-17,23H,9-14H2,1-3H3. The molecule has 0 aromatic heterocycles. The van der Waals surface area contributed by atoms with Crippen molar-refractivity contribution in [2.75, 3.05) is 13.2 Å². The smallest absolute Gasteiger partial charge is 0.410 e. The summed E-state index contributed by atoms with van der Waals surface area (Å²) >= 11 is 0. The van der Waals surface area contributed by atoms with Gasteiger partial charge in [-0.1, -0.05) is 51.1 Å². The zero-order valence-corrected chi connectivity index (χ0v) is 15.4. The number of ether oxygens (including phenoxy) is 2. The summed E-state index contributed by atoms with van der Waals surface area (Å²) in [6, 6.07) is 9.43. The molecule has 2 unspecified atom stereocenters. The van der Waals surface area contributed by atoms with Gasteiger partial charge in [0.2, 0.25) is 0 Å². The van der Waals surface area contributed by atoms with Crippen LogP contribution in [-0.4, -0.2) is 47.0 Å². The zero-order valence-electron chi connectivity index (χ0n) is 15.4. The predicted octanol–water partition coefficient (Wildman–Crippen LogP) is 3.35. The SMILES string of the molecule is CC(C)(C)CC1(O)CC2COCC(C1)N2C(=O)OCc1ccccc1. The molecule has 1 aromatic carbocycles. The van der Waals surface area contributed by atoms with Crippen molar-refractivity contribution in [3.05, 3.63) is 35.9 Å². The van der Waals surface area contributed by atoms with Gasteiger partial charge in [-0.25, -0.2) is 4.79 Å². The van der Waals surface area contributed by atoms with E-state index in [0.29, 0.717) is 26.1 Å². The highest BCUT2D eigenvalue weighted by atomic mass is 16.6. The zero-order chi connectivity index (χ0) is 18.1. The van der Waals surface area contributed by atoms with Crippen LogP contribution in [0.5, 0.6) is 0 Å². The highest BCUT2D eigenvalue weighted by Gasteiger charge is 2.49. The Bertz CT molecular complexity index is 581. The average Bonchev–Trinajstić information content (AvgIpc) is 2.50. The van der Waals surface area contributed by atoms with Crippen molar-refractivity contribution in [2.24, 2.45) is 5.41 Å². The summed E-state index contributed by atoms with van der Waals surface area (Å²) in [4.78, 5) is 14.4. The summed E-state index contributed by atoms with van der Waals surface area (Å²) in [5.74, 6) is 0. The van der Waals surface area contributed by atoms with Crippen LogP contribution in [0.15, 0.2) is 30.3 Å². The number of aliphatic hydroxyl groups is 1. The molecule has 138 valence electrons. The molecule has 0 radical (unpaired) electrons. The second kappa shape index (κ2) is 6.96. The molecule has 2 atom stereocenters. The van der Waals surface area contributed by atoms with E-state index >= 15 is 0 Å². The van der Waals surface area contributed by atoms with Gasteiger partial charge in [-0.3, -0.25) is 4.90 Å². The van der Waals surface area contributed by atoms with E-state index in [4.69, 9.17) is 9.47 Å². The second-order valence-corrected chi connectivity index (χ2v) is 8.66. The Morgan fingerprint density at radius 2 is 1.84 bits per heavy atom. The minimum Gasteiger partial charge on any atom is -0.445 e. The van der Waals surface area contributed by atoms with Crippen molar-refractivity contribution >= 4 is 6.09 Å². The lowest BCUT2D eigenvalue weighted by atomic mass is 9.72. The van der Waals surface area contributed by atoms with Crippen LogP contribution >= 0.6 is 0 Å². The summed E-state index contributed by atoms with van der Waals surface area (Å²) in [6.07, 6.45) is 1.50. The van der Waals surface area contributed by atoms with Crippen LogP contribution in [0.4, 0.5) is 4.79 Å². The number of carbonyl (C=O) groups excluding carboxylic acids is 1. The minimum atomic E-state index is -0.742. The first kappa shape index (κ1) is 18.2. The van der Waals surface area contributed by atoms with Gasteiger partial charge in [0.25, 0.3) is 0 Å². The van der Waals surface area contributed by atoms with Gasteiger partial charge >= 0.3 is 6.09 Å². The molecule has 1 aromatic rings. The van der Waals surface area contributed by atoms with Crippen LogP contribution in [0, 0.1) is 5.41 Å². The number of hydrogen-bond donors (Lipinski definition) is 1. The Kier molecular flexibility index (Phi) is 5.07. The highest BCUT2D eigenvalue weighted by molar-refractivity contribution is 5.69. The molecule has 1 amide bonds. The van der Waals surface area contributed by atoms with Gasteiger partial charge in [-0.05, 0) is 30.2 Å². The molecule has 1 N–H and O–H groups in total. The Morgan fingerprint density at radius 3 is 2.40 bits per heavy atom. The first-order valence-corrected chi connectivity index (χ1v) is 9.05. The summed E-state index contributed by atoms with van der Waals surface area (Å²) < 4.78 is 11.2. The van der Waals surface area contributed by atoms with Gasteiger partial charge in [0.05, 0.1) is 30.9 Å². The quantitative estimate of drug-likeness (QED) is 0.911. The number of carbonyl (C=O) groups is 1. The minimum absolute atomic E-state index is 0.0416. The van der Waals surface area contributed by atoms with Crippen LogP contribution in [0.1, 0.15) is 45.6 Å². The number of morpholine rings is 1. The molecule has 5 nitrogen and oxygen atoms in total. The van der Waals surface area contributed by atoms with Gasteiger partial charge in [0.15, 0.2) is 0 Å². The van der Waals surface area contributed by atoms with Crippen LogP contribution in [0.25, 0.3) is 0 Å². The summed E-state index contributed by atoms with van der Waals surface area (Å²) in [5.41, 5.74) is 0.270. The van der Waals surface area contributed by atoms with E-state index in [1.165, 1.54) is 0 Å². The third kappa shape index (κ3) is 4.53. The van der Waals surface area contributed by atoms with Gasteiger partial charge in [0, 0.05) is 0 Å². The summed E-state index contributed by atoms with van der Waals surface area (Å²) in [6.45, 7) is 7.60. The lowest BCUT2D eigenvalue weighted by Crippen LogP contribution is -2.63. The van der Waals surface area contributed by atoms with Gasteiger partial charge in [0.1, 0.15) is 6.61 Å². The molecule has 3 rings (SSSR count). The van der Waals surface area contributed by atoms with E-state index in [1.807, 2.05) is 30.3 Å². The van der Waals surface area contributed by atoms with Crippen molar-refractivity contribution in [1.82, 2.24) is 4.90 Å². The Morgan fingerprint density at radius 1 is 1.24 bits per heavy atom. The number of amides is 1. The third-order valence-electron chi connectivity index (χ3n) is 4.91. The highest BCUT2D eigenvalue weighted by Crippen LogP contribution is 2.41. The summed E-state index contributed by atoms with van der Waals surface area (Å²) in [7, 11) is 0. The van der Waals surface area contributed by atoms with E-state index in [1.54, 1.807) is 4.90 Å². The summed E-state index contributed by atoms with van der Waals surface area (Å²) in [5, 5.41) is 11.1. The molecular weight excluding hydrogens is 318 g/mol. The fourth-order valence-electron chi connectivity index (χ4n) is 4.30. The van der Waals surface area contributed by atoms with Gasteiger partial charge in [-0.2, -0.15) is 0 Å². The molecule has 2 saturated heterocycles. The van der Waals surface area contributed by atoms with E-state index in [-0.39, 0.29) is 30.2 Å². The number of piperidine rings is 1. The van der Waals surface area contributed by atoms with Crippen molar-refractivity contribution in [2.45, 2.75) is 64.3 Å². The predicted molar refractivity (Wildman–Crippen MR) is 95.1 cm³/mol. The number of fused-ring (bicyclic) bond motifs is 2. The van der Waals surface area contributed by atoms with Gasteiger partial charge < -0.3 is 14.6 Å². The Labute approximate surface area is 149 Å².